The van der Waals surface area contributed by atoms with Crippen LogP contribution in [0.1, 0.15) is 114 Å². The topological polar surface area (TPSA) is 80.8 Å². The molecule has 0 unspecified atom stereocenters. The fourth-order valence-electron chi connectivity index (χ4n) is 5.34. The fraction of sp³-hybridized carbons (Fsp3) is 0.892. The number of unbranched alkanes of at least 4 members (excludes halogenated alkanes) is 3. The molecule has 9 heteroatoms. The van der Waals surface area contributed by atoms with Crippen LogP contribution >= 0.6 is 0 Å². The van der Waals surface area contributed by atoms with Crippen LogP contribution in [-0.4, -0.2) is 122 Å². The van der Waals surface area contributed by atoms with Crippen molar-refractivity contribution in [2.24, 2.45) is 5.92 Å². The molecule has 46 heavy (non-hydrogen) atoms. The Balaban J connectivity index is 2.78. The molecule has 0 aromatic rings. The average Bonchev–Trinajstić information content (AvgIpc) is 3.25. The molecule has 0 aromatic carbocycles. The first-order valence-corrected chi connectivity index (χ1v) is 18.0. The van der Waals surface area contributed by atoms with Crippen LogP contribution in [0.4, 0.5) is 0 Å². The van der Waals surface area contributed by atoms with Crippen molar-refractivity contribution in [1.82, 2.24) is 14.7 Å². The van der Waals surface area contributed by atoms with Crippen molar-refractivity contribution >= 4 is 11.8 Å². The quantitative estimate of drug-likeness (QED) is 0.0751. The summed E-state index contributed by atoms with van der Waals surface area (Å²) in [5, 5.41) is 0. The molecule has 0 bridgehead atoms. The Bertz CT molecular complexity index is 789. The van der Waals surface area contributed by atoms with Gasteiger partial charge < -0.3 is 18.9 Å². The molecule has 270 valence electrons. The lowest BCUT2D eigenvalue weighted by molar-refractivity contribution is -0.136. The molecular weight excluding hydrogens is 582 g/mol. The summed E-state index contributed by atoms with van der Waals surface area (Å²) < 4.78 is 24.0. The van der Waals surface area contributed by atoms with Gasteiger partial charge in [-0.2, -0.15) is 0 Å². The Hall–Kier alpha value is -1.36. The van der Waals surface area contributed by atoms with Crippen LogP contribution < -0.4 is 0 Å². The minimum Gasteiger partial charge on any atom is -0.377 e. The van der Waals surface area contributed by atoms with Crippen molar-refractivity contribution < 1.29 is 28.5 Å². The summed E-state index contributed by atoms with van der Waals surface area (Å²) in [5.74, 6) is 0.232. The Labute approximate surface area is 282 Å². The highest BCUT2D eigenvalue weighted by Crippen LogP contribution is 2.21. The van der Waals surface area contributed by atoms with Gasteiger partial charge in [0.1, 0.15) is 0 Å². The van der Waals surface area contributed by atoms with Gasteiger partial charge in [-0.05, 0) is 108 Å². The molecule has 0 aliphatic carbocycles. The minimum absolute atomic E-state index is 0.145. The molecule has 9 nitrogen and oxygen atoms in total. The van der Waals surface area contributed by atoms with Gasteiger partial charge in [-0.25, -0.2) is 0 Å². The molecule has 1 aliphatic rings. The van der Waals surface area contributed by atoms with Crippen molar-refractivity contribution in [3.05, 3.63) is 12.2 Å². The second kappa shape index (κ2) is 23.1. The van der Waals surface area contributed by atoms with Gasteiger partial charge in [-0.15, -0.1) is 0 Å². The highest BCUT2D eigenvalue weighted by atomic mass is 16.5. The summed E-state index contributed by atoms with van der Waals surface area (Å²) >= 11 is 0. The third-order valence-electron chi connectivity index (χ3n) is 7.95. The number of hydrogen-bond donors (Lipinski definition) is 0. The number of carbonyl (C=O) groups excluding carboxylic acids is 2. The first-order chi connectivity index (χ1) is 21.6. The number of rotatable bonds is 27. The SMILES string of the molecule is CC(C)OCCN(CCOC(C)(C)C)CCC(CCCCCCN1C(=O)C=CC1=O)CCN(CCOC(C)C)CCOC(C)(C)C. The Morgan fingerprint density at radius 1 is 0.587 bits per heavy atom. The van der Waals surface area contributed by atoms with Crippen LogP contribution in [0.25, 0.3) is 0 Å². The Morgan fingerprint density at radius 3 is 1.41 bits per heavy atom. The van der Waals surface area contributed by atoms with Crippen LogP contribution in [-0.2, 0) is 28.5 Å². The maximum absolute atomic E-state index is 11.9. The fourth-order valence-corrected chi connectivity index (χ4v) is 5.34. The van der Waals surface area contributed by atoms with Crippen molar-refractivity contribution in [1.29, 1.82) is 0 Å². The van der Waals surface area contributed by atoms with E-state index in [0.29, 0.717) is 25.7 Å². The number of amides is 2. The molecule has 1 aliphatic heterocycles. The first-order valence-electron chi connectivity index (χ1n) is 18.0. The van der Waals surface area contributed by atoms with E-state index < -0.39 is 0 Å². The third kappa shape index (κ3) is 23.0. The summed E-state index contributed by atoms with van der Waals surface area (Å²) in [6.07, 6.45) is 10.8. The van der Waals surface area contributed by atoms with Crippen molar-refractivity contribution in [3.8, 4) is 0 Å². The van der Waals surface area contributed by atoms with Gasteiger partial charge in [0, 0.05) is 44.9 Å². The zero-order valence-electron chi connectivity index (χ0n) is 31.4. The zero-order chi connectivity index (χ0) is 34.6. The lowest BCUT2D eigenvalue weighted by Crippen LogP contribution is -2.36. The highest BCUT2D eigenvalue weighted by molar-refractivity contribution is 6.12. The number of imide groups is 1. The average molecular weight is 654 g/mol. The molecule has 0 saturated carbocycles. The zero-order valence-corrected chi connectivity index (χ0v) is 31.4. The van der Waals surface area contributed by atoms with E-state index in [9.17, 15) is 9.59 Å². The van der Waals surface area contributed by atoms with Gasteiger partial charge in [-0.1, -0.05) is 25.7 Å². The van der Waals surface area contributed by atoms with Crippen LogP contribution in [0.5, 0.6) is 0 Å². The molecular formula is C37H71N3O6. The molecule has 1 rings (SSSR count). The van der Waals surface area contributed by atoms with E-state index >= 15 is 0 Å². The second-order valence-electron chi connectivity index (χ2n) is 15.3. The van der Waals surface area contributed by atoms with Crippen molar-refractivity contribution in [3.63, 3.8) is 0 Å². The lowest BCUT2D eigenvalue weighted by Gasteiger charge is -2.29. The van der Waals surface area contributed by atoms with E-state index in [-0.39, 0.29) is 35.2 Å². The van der Waals surface area contributed by atoms with Crippen LogP contribution in [0.15, 0.2) is 12.2 Å². The summed E-state index contributed by atoms with van der Waals surface area (Å²) in [6.45, 7) is 30.1. The standard InChI is InChI=1S/C37H71N3O6/c1-31(2)43-27-23-38(25-29-45-36(5,6)7)21-18-33(15-13-11-12-14-20-40-34(41)16-17-35(40)42)19-22-39(24-28-44-32(3)4)26-30-46-37(8,9)10/h16-17,31-33H,11-15,18-30H2,1-10H3. The van der Waals surface area contributed by atoms with Gasteiger partial charge in [0.2, 0.25) is 0 Å². The Kier molecular flexibility index (Phi) is 21.4. The summed E-state index contributed by atoms with van der Waals surface area (Å²) in [5.41, 5.74) is -0.290. The summed E-state index contributed by atoms with van der Waals surface area (Å²) in [4.78, 5) is 30.1. The number of ether oxygens (including phenoxy) is 4. The summed E-state index contributed by atoms with van der Waals surface area (Å²) in [6, 6.07) is 0. The second-order valence-corrected chi connectivity index (χ2v) is 15.3. The molecule has 1 heterocycles. The van der Waals surface area contributed by atoms with Crippen molar-refractivity contribution in [2.75, 3.05) is 72.2 Å². The van der Waals surface area contributed by atoms with Gasteiger partial charge in [0.15, 0.2) is 0 Å². The molecule has 0 aromatic heterocycles. The van der Waals surface area contributed by atoms with Gasteiger partial charge in [0.05, 0.1) is 49.8 Å². The van der Waals surface area contributed by atoms with E-state index in [1.807, 2.05) is 0 Å². The molecule has 0 spiro atoms. The van der Waals surface area contributed by atoms with E-state index in [2.05, 4.69) is 79.0 Å². The van der Waals surface area contributed by atoms with E-state index in [0.717, 1.165) is 91.0 Å². The maximum Gasteiger partial charge on any atom is 0.253 e. The normalized spacial score (nSPS) is 14.5. The van der Waals surface area contributed by atoms with E-state index in [4.69, 9.17) is 18.9 Å². The predicted molar refractivity (Wildman–Crippen MR) is 188 cm³/mol. The summed E-state index contributed by atoms with van der Waals surface area (Å²) in [7, 11) is 0. The third-order valence-corrected chi connectivity index (χ3v) is 7.95. The molecule has 0 N–H and O–H groups in total. The molecule has 0 radical (unpaired) electrons. The van der Waals surface area contributed by atoms with Crippen LogP contribution in [0, 0.1) is 5.92 Å². The maximum atomic E-state index is 11.9. The molecule has 0 fully saturated rings. The van der Waals surface area contributed by atoms with Crippen molar-refractivity contribution in [2.45, 2.75) is 138 Å². The monoisotopic (exact) mass is 654 g/mol. The van der Waals surface area contributed by atoms with Gasteiger partial charge >= 0.3 is 0 Å². The largest absolute Gasteiger partial charge is 0.377 e. The minimum atomic E-state index is -0.183. The Morgan fingerprint density at radius 2 is 1.00 bits per heavy atom. The lowest BCUT2D eigenvalue weighted by atomic mass is 9.93. The highest BCUT2D eigenvalue weighted by Gasteiger charge is 2.22. The van der Waals surface area contributed by atoms with E-state index in [1.54, 1.807) is 0 Å². The van der Waals surface area contributed by atoms with Gasteiger partial charge in [-0.3, -0.25) is 24.3 Å². The number of carbonyl (C=O) groups is 2. The van der Waals surface area contributed by atoms with E-state index in [1.165, 1.54) is 23.5 Å². The molecule has 0 atom stereocenters. The van der Waals surface area contributed by atoms with Crippen LogP contribution in [0.2, 0.25) is 0 Å². The predicted octanol–water partition coefficient (Wildman–Crippen LogP) is 6.34. The molecule has 0 saturated heterocycles. The smallest absolute Gasteiger partial charge is 0.253 e. The number of nitrogens with zero attached hydrogens (tertiary/aromatic N) is 3. The molecule has 2 amide bonds. The first kappa shape index (κ1) is 42.7. The number of hydrogen-bond acceptors (Lipinski definition) is 8. The van der Waals surface area contributed by atoms with Crippen LogP contribution in [0.3, 0.4) is 0 Å². The van der Waals surface area contributed by atoms with Gasteiger partial charge in [0.25, 0.3) is 11.8 Å².